The van der Waals surface area contributed by atoms with Crippen LogP contribution < -0.4 is 0 Å². The number of nitrogens with zero attached hydrogens (tertiary/aromatic N) is 1. The van der Waals surface area contributed by atoms with Crippen molar-refractivity contribution >= 4 is 11.9 Å². The second kappa shape index (κ2) is 7.89. The van der Waals surface area contributed by atoms with Gasteiger partial charge in [-0.2, -0.15) is 0 Å². The van der Waals surface area contributed by atoms with Crippen LogP contribution >= 0.6 is 0 Å². The number of aliphatic imine (C=N–C) groups is 1. The Balaban J connectivity index is 3.15. The molecule has 0 unspecified atom stereocenters. The molecule has 0 radical (unpaired) electrons. The fraction of sp³-hybridized carbons (Fsp3) is 0.556. The van der Waals surface area contributed by atoms with E-state index < -0.39 is 0 Å². The van der Waals surface area contributed by atoms with Gasteiger partial charge in [0.2, 0.25) is 6.08 Å². The van der Waals surface area contributed by atoms with E-state index in [1.54, 1.807) is 0 Å². The van der Waals surface area contributed by atoms with Crippen LogP contribution in [0, 0.1) is 0 Å². The highest BCUT2D eigenvalue weighted by atomic mass is 16.1. The van der Waals surface area contributed by atoms with Crippen molar-refractivity contribution in [3.8, 4) is 0 Å². The summed E-state index contributed by atoms with van der Waals surface area (Å²) < 4.78 is 0. The minimum Gasteiger partial charge on any atom is -0.295 e. The molecule has 0 atom stereocenters. The first-order valence-electron chi connectivity index (χ1n) is 4.00. The molecule has 0 spiro atoms. The van der Waals surface area contributed by atoms with E-state index in [4.69, 9.17) is 0 Å². The normalized spacial score (nSPS) is 8.67. The van der Waals surface area contributed by atoms with E-state index in [-0.39, 0.29) is 5.78 Å². The van der Waals surface area contributed by atoms with E-state index in [9.17, 15) is 9.59 Å². The molecule has 12 heavy (non-hydrogen) atoms. The highest BCUT2D eigenvalue weighted by molar-refractivity contribution is 5.88. The number of unbranched alkanes of at least 4 members (excludes halogenated alkanes) is 2. The molecule has 0 aliphatic rings. The minimum atomic E-state index is 0.0777. The zero-order chi connectivity index (χ0) is 9.23. The Hall–Kier alpha value is -1.21. The standard InChI is InChI=1S/C9H13NO2/c1-2-9(12)6-4-3-5-7-10-8-11/h2H,1,3-7H2. The van der Waals surface area contributed by atoms with E-state index >= 15 is 0 Å². The molecular weight excluding hydrogens is 154 g/mol. The van der Waals surface area contributed by atoms with Crippen molar-refractivity contribution < 1.29 is 9.59 Å². The van der Waals surface area contributed by atoms with Crippen molar-refractivity contribution in [1.29, 1.82) is 0 Å². The maximum atomic E-state index is 10.7. The molecular formula is C9H13NO2. The summed E-state index contributed by atoms with van der Waals surface area (Å²) in [6, 6.07) is 0. The van der Waals surface area contributed by atoms with Gasteiger partial charge in [-0.15, -0.1) is 0 Å². The summed E-state index contributed by atoms with van der Waals surface area (Å²) in [6.07, 6.45) is 5.97. The van der Waals surface area contributed by atoms with Crippen LogP contribution in [0.4, 0.5) is 0 Å². The van der Waals surface area contributed by atoms with Crippen LogP contribution in [-0.2, 0) is 9.59 Å². The summed E-state index contributed by atoms with van der Waals surface area (Å²) >= 11 is 0. The molecule has 3 heteroatoms. The van der Waals surface area contributed by atoms with Gasteiger partial charge in [0.25, 0.3) is 0 Å². The lowest BCUT2D eigenvalue weighted by molar-refractivity contribution is -0.114. The van der Waals surface area contributed by atoms with E-state index in [1.165, 1.54) is 12.2 Å². The monoisotopic (exact) mass is 167 g/mol. The lowest BCUT2D eigenvalue weighted by Crippen LogP contribution is -1.91. The topological polar surface area (TPSA) is 46.5 Å². The van der Waals surface area contributed by atoms with Gasteiger partial charge in [-0.3, -0.25) is 4.79 Å². The van der Waals surface area contributed by atoms with Crippen molar-refractivity contribution in [3.63, 3.8) is 0 Å². The lowest BCUT2D eigenvalue weighted by Gasteiger charge is -1.94. The number of carbonyl (C=O) groups excluding carboxylic acids is 2. The summed E-state index contributed by atoms with van der Waals surface area (Å²) in [4.78, 5) is 23.7. The van der Waals surface area contributed by atoms with Crippen molar-refractivity contribution in [2.45, 2.75) is 25.7 Å². The average molecular weight is 167 g/mol. The SMILES string of the molecule is C=CC(=O)CCCCCN=C=O. The second-order valence-electron chi connectivity index (χ2n) is 2.45. The van der Waals surface area contributed by atoms with Crippen LogP contribution in [0.15, 0.2) is 17.6 Å². The Bertz CT molecular complexity index is 193. The summed E-state index contributed by atoms with van der Waals surface area (Å²) in [5.74, 6) is 0.0777. The molecule has 0 aliphatic carbocycles. The van der Waals surface area contributed by atoms with Crippen molar-refractivity contribution in [3.05, 3.63) is 12.7 Å². The number of rotatable bonds is 7. The molecule has 0 bridgehead atoms. The van der Waals surface area contributed by atoms with Gasteiger partial charge in [-0.05, 0) is 18.9 Å². The highest BCUT2D eigenvalue weighted by Crippen LogP contribution is 2.00. The molecule has 0 fully saturated rings. The third-order valence-corrected chi connectivity index (χ3v) is 1.49. The summed E-state index contributed by atoms with van der Waals surface area (Å²) in [7, 11) is 0. The number of hydrogen-bond donors (Lipinski definition) is 0. The van der Waals surface area contributed by atoms with E-state index in [2.05, 4.69) is 11.6 Å². The van der Waals surface area contributed by atoms with Gasteiger partial charge in [0.15, 0.2) is 5.78 Å². The van der Waals surface area contributed by atoms with Crippen LogP contribution in [-0.4, -0.2) is 18.4 Å². The molecule has 0 saturated carbocycles. The van der Waals surface area contributed by atoms with Crippen LogP contribution in [0.2, 0.25) is 0 Å². The van der Waals surface area contributed by atoms with Gasteiger partial charge in [-0.1, -0.05) is 13.0 Å². The molecule has 0 rings (SSSR count). The van der Waals surface area contributed by atoms with E-state index in [0.717, 1.165) is 19.3 Å². The van der Waals surface area contributed by atoms with E-state index in [0.29, 0.717) is 13.0 Å². The van der Waals surface area contributed by atoms with Gasteiger partial charge >= 0.3 is 0 Å². The highest BCUT2D eigenvalue weighted by Gasteiger charge is 1.94. The lowest BCUT2D eigenvalue weighted by atomic mass is 10.1. The molecule has 0 aromatic rings. The van der Waals surface area contributed by atoms with Crippen LogP contribution in [0.3, 0.4) is 0 Å². The van der Waals surface area contributed by atoms with E-state index in [1.807, 2.05) is 0 Å². The maximum Gasteiger partial charge on any atom is 0.234 e. The van der Waals surface area contributed by atoms with Crippen molar-refractivity contribution in [2.24, 2.45) is 4.99 Å². The zero-order valence-electron chi connectivity index (χ0n) is 7.08. The molecule has 0 heterocycles. The quantitative estimate of drug-likeness (QED) is 0.250. The van der Waals surface area contributed by atoms with Crippen molar-refractivity contribution in [1.82, 2.24) is 0 Å². The van der Waals surface area contributed by atoms with Crippen LogP contribution in [0.25, 0.3) is 0 Å². The zero-order valence-corrected chi connectivity index (χ0v) is 7.08. The fourth-order valence-electron chi connectivity index (χ4n) is 0.815. The van der Waals surface area contributed by atoms with Gasteiger partial charge in [0.1, 0.15) is 0 Å². The molecule has 0 amide bonds. The van der Waals surface area contributed by atoms with Crippen LogP contribution in [0.1, 0.15) is 25.7 Å². The Morgan fingerprint density at radius 2 is 2.17 bits per heavy atom. The largest absolute Gasteiger partial charge is 0.295 e. The van der Waals surface area contributed by atoms with Gasteiger partial charge < -0.3 is 0 Å². The summed E-state index contributed by atoms with van der Waals surface area (Å²) in [5.41, 5.74) is 0. The van der Waals surface area contributed by atoms with Gasteiger partial charge in [-0.25, -0.2) is 9.79 Å². The smallest absolute Gasteiger partial charge is 0.234 e. The second-order valence-corrected chi connectivity index (χ2v) is 2.45. The first kappa shape index (κ1) is 10.8. The minimum absolute atomic E-state index is 0.0777. The third kappa shape index (κ3) is 6.90. The predicted molar refractivity (Wildman–Crippen MR) is 46.7 cm³/mol. The van der Waals surface area contributed by atoms with Gasteiger partial charge in [0.05, 0.1) is 6.54 Å². The molecule has 0 aromatic carbocycles. The number of hydrogen-bond acceptors (Lipinski definition) is 3. The number of isocyanates is 1. The Kier molecular flexibility index (Phi) is 7.10. The van der Waals surface area contributed by atoms with Gasteiger partial charge in [0, 0.05) is 6.42 Å². The third-order valence-electron chi connectivity index (χ3n) is 1.49. The molecule has 0 aromatic heterocycles. The molecule has 0 aliphatic heterocycles. The number of carbonyl (C=O) groups is 1. The van der Waals surface area contributed by atoms with Crippen molar-refractivity contribution in [2.75, 3.05) is 6.54 Å². The first-order chi connectivity index (χ1) is 5.81. The average Bonchev–Trinajstić information content (AvgIpc) is 2.10. The fourth-order valence-corrected chi connectivity index (χ4v) is 0.815. The first-order valence-corrected chi connectivity index (χ1v) is 4.00. The number of allylic oxidation sites excluding steroid dienone is 1. The Morgan fingerprint density at radius 1 is 1.42 bits per heavy atom. The summed E-state index contributed by atoms with van der Waals surface area (Å²) in [5, 5.41) is 0. The molecule has 66 valence electrons. The van der Waals surface area contributed by atoms with Crippen LogP contribution in [0.5, 0.6) is 0 Å². The predicted octanol–water partition coefficient (Wildman–Crippen LogP) is 1.64. The Labute approximate surface area is 72.2 Å². The molecule has 0 saturated heterocycles. The molecule has 0 N–H and O–H groups in total. The number of ketones is 1. The molecule has 3 nitrogen and oxygen atoms in total. The Morgan fingerprint density at radius 3 is 2.75 bits per heavy atom. The maximum absolute atomic E-state index is 10.7. The summed E-state index contributed by atoms with van der Waals surface area (Å²) in [6.45, 7) is 3.89.